The first-order valence-corrected chi connectivity index (χ1v) is 9.72. The lowest BCUT2D eigenvalue weighted by molar-refractivity contribution is -0.135. The van der Waals surface area contributed by atoms with Crippen molar-refractivity contribution < 1.29 is 23.0 Å². The molecule has 4 rings (SSSR count). The number of benzene rings is 3. The summed E-state index contributed by atoms with van der Waals surface area (Å²) in [5.74, 6) is -1.62. The molecule has 0 saturated heterocycles. The van der Waals surface area contributed by atoms with E-state index >= 15 is 0 Å². The zero-order valence-electron chi connectivity index (χ0n) is 16.8. The lowest BCUT2D eigenvalue weighted by Gasteiger charge is -2.22. The zero-order chi connectivity index (χ0) is 21.8. The molecule has 0 spiro atoms. The second-order valence-electron chi connectivity index (χ2n) is 7.01. The predicted molar refractivity (Wildman–Crippen MR) is 112 cm³/mol. The minimum absolute atomic E-state index is 0.0692. The number of halogens is 2. The number of methoxy groups -OCH3 is 1. The molecule has 0 fully saturated rings. The van der Waals surface area contributed by atoms with Crippen LogP contribution in [0, 0.1) is 11.6 Å². The van der Waals surface area contributed by atoms with E-state index in [9.17, 15) is 13.6 Å². The van der Waals surface area contributed by atoms with Crippen molar-refractivity contribution in [3.05, 3.63) is 95.6 Å². The number of carbonyl (C=O) groups is 1. The highest BCUT2D eigenvalue weighted by Crippen LogP contribution is 2.33. The third kappa shape index (κ3) is 4.55. The first-order valence-electron chi connectivity index (χ1n) is 9.72. The molecule has 1 atom stereocenters. The van der Waals surface area contributed by atoms with Crippen LogP contribution in [0.4, 0.5) is 8.78 Å². The van der Waals surface area contributed by atoms with Gasteiger partial charge in [-0.05, 0) is 35.4 Å². The molecular weight excluding hydrogens is 402 g/mol. The van der Waals surface area contributed by atoms with Gasteiger partial charge in [-0.25, -0.2) is 13.8 Å². The maximum absolute atomic E-state index is 13.4. The van der Waals surface area contributed by atoms with E-state index < -0.39 is 17.5 Å². The summed E-state index contributed by atoms with van der Waals surface area (Å²) < 4.78 is 37.1. The van der Waals surface area contributed by atoms with Crippen LogP contribution >= 0.6 is 0 Å². The molecule has 0 aromatic heterocycles. The van der Waals surface area contributed by atoms with Gasteiger partial charge >= 0.3 is 0 Å². The Kier molecular flexibility index (Phi) is 5.93. The van der Waals surface area contributed by atoms with Gasteiger partial charge in [0.2, 0.25) is 0 Å². The summed E-state index contributed by atoms with van der Waals surface area (Å²) in [6, 6.07) is 19.9. The summed E-state index contributed by atoms with van der Waals surface area (Å²) in [5.41, 5.74) is 2.61. The number of carbonyl (C=O) groups excluding carboxylic acids is 1. The molecule has 7 heteroatoms. The van der Waals surface area contributed by atoms with Crippen molar-refractivity contribution in [3.63, 3.8) is 0 Å². The highest BCUT2D eigenvalue weighted by atomic mass is 19.2. The van der Waals surface area contributed by atoms with Gasteiger partial charge in [0.15, 0.2) is 18.2 Å². The van der Waals surface area contributed by atoms with E-state index in [1.807, 2.05) is 54.6 Å². The van der Waals surface area contributed by atoms with Crippen molar-refractivity contribution in [2.45, 2.75) is 12.5 Å². The van der Waals surface area contributed by atoms with Crippen LogP contribution in [0.15, 0.2) is 77.9 Å². The molecule has 0 N–H and O–H groups in total. The van der Waals surface area contributed by atoms with Gasteiger partial charge in [0.05, 0.1) is 18.9 Å². The van der Waals surface area contributed by atoms with Crippen LogP contribution in [0.25, 0.3) is 0 Å². The fraction of sp³-hybridized carbons (Fsp3) is 0.167. The van der Waals surface area contributed by atoms with Gasteiger partial charge in [0.1, 0.15) is 11.5 Å². The fourth-order valence-corrected chi connectivity index (χ4v) is 3.41. The Morgan fingerprint density at radius 2 is 1.71 bits per heavy atom. The first-order chi connectivity index (χ1) is 15.0. The SMILES string of the molecule is COc1ccc(C2CC(c3ccccc3)=NN2C(=O)COc2ccc(F)c(F)c2)cc1. The summed E-state index contributed by atoms with van der Waals surface area (Å²) in [7, 11) is 1.59. The summed E-state index contributed by atoms with van der Waals surface area (Å²) >= 11 is 0. The Labute approximate surface area is 178 Å². The van der Waals surface area contributed by atoms with E-state index in [1.165, 1.54) is 11.1 Å². The van der Waals surface area contributed by atoms with Crippen molar-refractivity contribution in [1.82, 2.24) is 5.01 Å². The van der Waals surface area contributed by atoms with E-state index in [0.717, 1.165) is 29.0 Å². The Bertz CT molecular complexity index is 1100. The lowest BCUT2D eigenvalue weighted by Crippen LogP contribution is -2.31. The lowest BCUT2D eigenvalue weighted by atomic mass is 9.98. The highest BCUT2D eigenvalue weighted by molar-refractivity contribution is 6.03. The van der Waals surface area contributed by atoms with Crippen LogP contribution in [0.5, 0.6) is 11.5 Å². The molecule has 1 unspecified atom stereocenters. The van der Waals surface area contributed by atoms with Crippen molar-refractivity contribution in [2.75, 3.05) is 13.7 Å². The van der Waals surface area contributed by atoms with Gasteiger partial charge in [0.25, 0.3) is 5.91 Å². The second-order valence-corrected chi connectivity index (χ2v) is 7.01. The maximum atomic E-state index is 13.4. The van der Waals surface area contributed by atoms with Crippen LogP contribution < -0.4 is 9.47 Å². The smallest absolute Gasteiger partial charge is 0.281 e. The third-order valence-electron chi connectivity index (χ3n) is 5.03. The third-order valence-corrected chi connectivity index (χ3v) is 5.03. The maximum Gasteiger partial charge on any atom is 0.281 e. The van der Waals surface area contributed by atoms with Crippen LogP contribution in [0.2, 0.25) is 0 Å². The van der Waals surface area contributed by atoms with Crippen LogP contribution in [0.1, 0.15) is 23.6 Å². The van der Waals surface area contributed by atoms with Crippen LogP contribution in [-0.2, 0) is 4.79 Å². The molecular formula is C24H20F2N2O3. The number of hydrazone groups is 1. The van der Waals surface area contributed by atoms with E-state index in [-0.39, 0.29) is 18.4 Å². The monoisotopic (exact) mass is 422 g/mol. The number of ether oxygens (including phenoxy) is 2. The average molecular weight is 422 g/mol. The van der Waals surface area contributed by atoms with E-state index in [2.05, 4.69) is 5.10 Å². The second kappa shape index (κ2) is 8.95. The number of nitrogens with zero attached hydrogens (tertiary/aromatic N) is 2. The Balaban J connectivity index is 1.56. The van der Waals surface area contributed by atoms with Crippen LogP contribution in [-0.4, -0.2) is 30.3 Å². The molecule has 3 aromatic rings. The largest absolute Gasteiger partial charge is 0.497 e. The van der Waals surface area contributed by atoms with Gasteiger partial charge in [-0.2, -0.15) is 5.10 Å². The summed E-state index contributed by atoms with van der Waals surface area (Å²) in [6.45, 7) is -0.358. The molecule has 31 heavy (non-hydrogen) atoms. The molecule has 5 nitrogen and oxygen atoms in total. The normalized spacial score (nSPS) is 15.5. The number of hydrogen-bond acceptors (Lipinski definition) is 4. The average Bonchev–Trinajstić information content (AvgIpc) is 3.26. The summed E-state index contributed by atoms with van der Waals surface area (Å²) in [4.78, 5) is 13.0. The number of rotatable bonds is 6. The molecule has 1 aliphatic heterocycles. The standard InChI is InChI=1S/C24H20F2N2O3/c1-30-18-9-7-17(8-10-18)23-14-22(16-5-3-2-4-6-16)27-28(23)24(29)15-31-19-11-12-20(25)21(26)13-19/h2-13,23H,14-15H2,1H3. The van der Waals surface area contributed by atoms with E-state index in [4.69, 9.17) is 9.47 Å². The van der Waals surface area contributed by atoms with Crippen molar-refractivity contribution >= 4 is 11.6 Å². The van der Waals surface area contributed by atoms with Gasteiger partial charge in [-0.3, -0.25) is 4.79 Å². The molecule has 1 aliphatic rings. The Morgan fingerprint density at radius 1 is 1.00 bits per heavy atom. The van der Waals surface area contributed by atoms with Gasteiger partial charge in [-0.15, -0.1) is 0 Å². The van der Waals surface area contributed by atoms with Gasteiger partial charge in [0, 0.05) is 12.5 Å². The topological polar surface area (TPSA) is 51.1 Å². The molecule has 1 heterocycles. The first kappa shape index (κ1) is 20.5. The minimum atomic E-state index is -1.04. The fourth-order valence-electron chi connectivity index (χ4n) is 3.41. The van der Waals surface area contributed by atoms with E-state index in [1.54, 1.807) is 7.11 Å². The quantitative estimate of drug-likeness (QED) is 0.577. The van der Waals surface area contributed by atoms with Crippen molar-refractivity contribution in [3.8, 4) is 11.5 Å². The number of amides is 1. The van der Waals surface area contributed by atoms with E-state index in [0.29, 0.717) is 12.2 Å². The summed E-state index contributed by atoms with van der Waals surface area (Å²) in [6.07, 6.45) is 0.535. The minimum Gasteiger partial charge on any atom is -0.497 e. The van der Waals surface area contributed by atoms with Crippen LogP contribution in [0.3, 0.4) is 0 Å². The molecule has 0 bridgehead atoms. The zero-order valence-corrected chi connectivity index (χ0v) is 16.8. The Hall–Kier alpha value is -3.74. The molecule has 0 radical (unpaired) electrons. The molecule has 158 valence electrons. The molecule has 0 saturated carbocycles. The van der Waals surface area contributed by atoms with Gasteiger partial charge < -0.3 is 9.47 Å². The highest BCUT2D eigenvalue weighted by Gasteiger charge is 2.33. The predicted octanol–water partition coefficient (Wildman–Crippen LogP) is 4.73. The molecule has 3 aromatic carbocycles. The summed E-state index contributed by atoms with van der Waals surface area (Å²) in [5, 5.41) is 5.95. The molecule has 0 aliphatic carbocycles. The van der Waals surface area contributed by atoms with Gasteiger partial charge in [-0.1, -0.05) is 42.5 Å². The molecule has 1 amide bonds. The van der Waals surface area contributed by atoms with Crippen molar-refractivity contribution in [1.29, 1.82) is 0 Å². The Morgan fingerprint density at radius 3 is 2.39 bits per heavy atom. The number of hydrogen-bond donors (Lipinski definition) is 0. The van der Waals surface area contributed by atoms with Crippen molar-refractivity contribution in [2.24, 2.45) is 5.10 Å².